The monoisotopic (exact) mass is 335 g/mol. The molecule has 1 rings (SSSR count). The molecule has 0 aromatic carbocycles. The van der Waals surface area contributed by atoms with E-state index in [1.54, 1.807) is 6.08 Å². The Morgan fingerprint density at radius 3 is 2.71 bits per heavy atom. The Morgan fingerprint density at radius 2 is 2.17 bits per heavy atom. The van der Waals surface area contributed by atoms with Crippen molar-refractivity contribution in [3.8, 4) is 5.75 Å². The van der Waals surface area contributed by atoms with Gasteiger partial charge in [-0.25, -0.2) is 9.59 Å². The van der Waals surface area contributed by atoms with Crippen molar-refractivity contribution in [2.75, 3.05) is 7.11 Å². The van der Waals surface area contributed by atoms with Crippen LogP contribution in [-0.4, -0.2) is 24.1 Å². The normalized spacial score (nSPS) is 12.0. The fourth-order valence-corrected chi connectivity index (χ4v) is 1.92. The molecule has 0 bridgehead atoms. The molecule has 2 N–H and O–H groups in total. The van der Waals surface area contributed by atoms with E-state index < -0.39 is 28.8 Å². The van der Waals surface area contributed by atoms with Crippen LogP contribution >= 0.6 is 0 Å². The zero-order valence-electron chi connectivity index (χ0n) is 13.9. The number of allylic oxidation sites excluding steroid dienone is 2. The lowest BCUT2D eigenvalue weighted by Crippen LogP contribution is -2.16. The second-order valence-electron chi connectivity index (χ2n) is 5.32. The van der Waals surface area contributed by atoms with Crippen LogP contribution in [0.15, 0.2) is 39.7 Å². The summed E-state index contributed by atoms with van der Waals surface area (Å²) in [6.45, 7) is 6.73. The highest BCUT2D eigenvalue weighted by Crippen LogP contribution is 2.25. The molecule has 0 aliphatic heterocycles. The van der Waals surface area contributed by atoms with Crippen LogP contribution in [0, 0.1) is 0 Å². The summed E-state index contributed by atoms with van der Waals surface area (Å²) in [6, 6.07) is 1.28. The third kappa shape index (κ3) is 5.12. The summed E-state index contributed by atoms with van der Waals surface area (Å²) in [6.07, 6.45) is 3.83. The van der Waals surface area contributed by atoms with E-state index in [1.165, 1.54) is 26.3 Å². The standard InChI is InChI=1S/C17H21NO6/c1-10(2)15(20)14-12(19)9-13(24-16(14)21)11(3)7-5-6-8-18-17(22)23-4/h6,8-9,11,19H,1,5,7H2,2-4H3,(H,18,22)/b8-6+. The van der Waals surface area contributed by atoms with Crippen molar-refractivity contribution in [1.82, 2.24) is 5.32 Å². The SMILES string of the molecule is C=C(C)C(=O)c1c(O)cc(C(C)CC/C=C/NC(=O)OC)oc1=O. The number of rotatable bonds is 7. The highest BCUT2D eigenvalue weighted by molar-refractivity contribution is 6.09. The van der Waals surface area contributed by atoms with E-state index >= 15 is 0 Å². The Bertz CT molecular complexity index is 716. The molecule has 0 aliphatic carbocycles. The van der Waals surface area contributed by atoms with Gasteiger partial charge in [-0.05, 0) is 25.3 Å². The van der Waals surface area contributed by atoms with Gasteiger partial charge in [0.1, 0.15) is 17.1 Å². The molecule has 0 fully saturated rings. The molecule has 1 aromatic rings. The lowest BCUT2D eigenvalue weighted by atomic mass is 10.0. The maximum Gasteiger partial charge on any atom is 0.410 e. The maximum absolute atomic E-state index is 11.9. The highest BCUT2D eigenvalue weighted by atomic mass is 16.5. The van der Waals surface area contributed by atoms with Gasteiger partial charge in [0.05, 0.1) is 7.11 Å². The number of aromatic hydroxyl groups is 1. The van der Waals surface area contributed by atoms with E-state index in [2.05, 4.69) is 16.6 Å². The number of methoxy groups -OCH3 is 1. The number of hydrogen-bond donors (Lipinski definition) is 2. The number of hydrogen-bond acceptors (Lipinski definition) is 6. The second-order valence-corrected chi connectivity index (χ2v) is 5.32. The zero-order valence-corrected chi connectivity index (χ0v) is 13.9. The van der Waals surface area contributed by atoms with Gasteiger partial charge >= 0.3 is 11.7 Å². The number of amides is 1. The van der Waals surface area contributed by atoms with Crippen molar-refractivity contribution in [3.63, 3.8) is 0 Å². The van der Waals surface area contributed by atoms with E-state index in [0.29, 0.717) is 12.8 Å². The Labute approximate surface area is 139 Å². The number of ether oxygens (including phenoxy) is 1. The molecule has 1 amide bonds. The minimum absolute atomic E-state index is 0.140. The Balaban J connectivity index is 2.77. The van der Waals surface area contributed by atoms with E-state index in [0.717, 1.165) is 0 Å². The van der Waals surface area contributed by atoms with Crippen molar-refractivity contribution in [2.24, 2.45) is 0 Å². The van der Waals surface area contributed by atoms with Gasteiger partial charge in [0, 0.05) is 18.2 Å². The summed E-state index contributed by atoms with van der Waals surface area (Å²) in [5.74, 6) is -0.938. The van der Waals surface area contributed by atoms with Crippen molar-refractivity contribution in [3.05, 3.63) is 52.2 Å². The van der Waals surface area contributed by atoms with E-state index in [-0.39, 0.29) is 17.3 Å². The fraction of sp³-hybridized carbons (Fsp3) is 0.353. The topological polar surface area (TPSA) is 106 Å². The first-order valence-corrected chi connectivity index (χ1v) is 7.34. The van der Waals surface area contributed by atoms with Crippen molar-refractivity contribution in [2.45, 2.75) is 32.6 Å². The van der Waals surface area contributed by atoms with Gasteiger partial charge in [0.2, 0.25) is 0 Å². The fourth-order valence-electron chi connectivity index (χ4n) is 1.92. The number of Topliss-reactive ketones (excluding diaryl/α,β-unsaturated/α-hetero) is 1. The van der Waals surface area contributed by atoms with Crippen LogP contribution in [0.2, 0.25) is 0 Å². The molecule has 0 saturated carbocycles. The molecule has 1 aromatic heterocycles. The lowest BCUT2D eigenvalue weighted by Gasteiger charge is -2.10. The minimum Gasteiger partial charge on any atom is -0.507 e. The quantitative estimate of drug-likeness (QED) is 0.586. The number of ketones is 1. The predicted octanol–water partition coefficient (Wildman–Crippen LogP) is 2.86. The molecule has 1 atom stereocenters. The average Bonchev–Trinajstić information content (AvgIpc) is 2.52. The first-order chi connectivity index (χ1) is 11.3. The van der Waals surface area contributed by atoms with Crippen molar-refractivity contribution in [1.29, 1.82) is 0 Å². The summed E-state index contributed by atoms with van der Waals surface area (Å²) < 4.78 is 9.55. The van der Waals surface area contributed by atoms with Crippen molar-refractivity contribution < 1.29 is 23.8 Å². The van der Waals surface area contributed by atoms with Crippen LogP contribution in [0.25, 0.3) is 0 Å². The third-order valence-electron chi connectivity index (χ3n) is 3.32. The average molecular weight is 335 g/mol. The molecule has 7 nitrogen and oxygen atoms in total. The lowest BCUT2D eigenvalue weighted by molar-refractivity contribution is 0.102. The van der Waals surface area contributed by atoms with Gasteiger partial charge < -0.3 is 14.3 Å². The van der Waals surface area contributed by atoms with Crippen LogP contribution in [0.3, 0.4) is 0 Å². The first kappa shape index (κ1) is 19.2. The predicted molar refractivity (Wildman–Crippen MR) is 88.1 cm³/mol. The maximum atomic E-state index is 11.9. The summed E-state index contributed by atoms with van der Waals surface area (Å²) in [4.78, 5) is 34.6. The zero-order chi connectivity index (χ0) is 18.3. The number of nitrogens with one attached hydrogen (secondary N) is 1. The molecule has 0 saturated heterocycles. The van der Waals surface area contributed by atoms with Gasteiger partial charge in [-0.1, -0.05) is 19.6 Å². The third-order valence-corrected chi connectivity index (χ3v) is 3.32. The molecule has 24 heavy (non-hydrogen) atoms. The van der Waals surface area contributed by atoms with E-state index in [1.807, 2.05) is 6.92 Å². The molecule has 130 valence electrons. The molecular formula is C17H21NO6. The van der Waals surface area contributed by atoms with Crippen molar-refractivity contribution >= 4 is 11.9 Å². The van der Waals surface area contributed by atoms with Crippen LogP contribution in [-0.2, 0) is 4.74 Å². The van der Waals surface area contributed by atoms with Gasteiger partial charge in [-0.3, -0.25) is 10.1 Å². The summed E-state index contributed by atoms with van der Waals surface area (Å²) >= 11 is 0. The summed E-state index contributed by atoms with van der Waals surface area (Å²) in [5, 5.41) is 12.3. The molecule has 0 radical (unpaired) electrons. The number of carbonyl (C=O) groups excluding carboxylic acids is 2. The molecule has 1 unspecified atom stereocenters. The van der Waals surface area contributed by atoms with Gasteiger partial charge in [0.25, 0.3) is 0 Å². The summed E-state index contributed by atoms with van der Waals surface area (Å²) in [7, 11) is 1.27. The van der Waals surface area contributed by atoms with Crippen LogP contribution in [0.4, 0.5) is 4.79 Å². The molecule has 0 spiro atoms. The Morgan fingerprint density at radius 1 is 1.50 bits per heavy atom. The second kappa shape index (κ2) is 8.71. The Kier molecular flexibility index (Phi) is 6.98. The largest absolute Gasteiger partial charge is 0.507 e. The van der Waals surface area contributed by atoms with Gasteiger partial charge in [-0.2, -0.15) is 0 Å². The van der Waals surface area contributed by atoms with Crippen LogP contribution < -0.4 is 10.9 Å². The van der Waals surface area contributed by atoms with E-state index in [9.17, 15) is 19.5 Å². The molecule has 1 heterocycles. The van der Waals surface area contributed by atoms with Crippen LogP contribution in [0.5, 0.6) is 5.75 Å². The van der Waals surface area contributed by atoms with Gasteiger partial charge in [-0.15, -0.1) is 0 Å². The minimum atomic E-state index is -0.882. The first-order valence-electron chi connectivity index (χ1n) is 7.34. The van der Waals surface area contributed by atoms with Gasteiger partial charge in [0.15, 0.2) is 5.78 Å². The number of carbonyl (C=O) groups is 2. The molecule has 7 heteroatoms. The highest BCUT2D eigenvalue weighted by Gasteiger charge is 2.21. The number of alkyl carbamates (subject to hydrolysis) is 1. The summed E-state index contributed by atoms with van der Waals surface area (Å²) in [5.41, 5.74) is -1.14. The molecular weight excluding hydrogens is 314 g/mol. The smallest absolute Gasteiger partial charge is 0.410 e. The van der Waals surface area contributed by atoms with Crippen LogP contribution in [0.1, 0.15) is 48.7 Å². The molecule has 0 aliphatic rings. The van der Waals surface area contributed by atoms with E-state index in [4.69, 9.17) is 4.42 Å². The Hall–Kier alpha value is -2.83.